The van der Waals surface area contributed by atoms with Crippen LogP contribution in [0.15, 0.2) is 24.3 Å². The zero-order valence-corrected chi connectivity index (χ0v) is 9.41. The first-order valence-corrected chi connectivity index (χ1v) is 5.13. The van der Waals surface area contributed by atoms with Gasteiger partial charge >= 0.3 is 0 Å². The van der Waals surface area contributed by atoms with Gasteiger partial charge < -0.3 is 10.1 Å². The second-order valence-electron chi connectivity index (χ2n) is 3.33. The van der Waals surface area contributed by atoms with Crippen molar-refractivity contribution in [1.29, 1.82) is 0 Å². The number of ketones is 1. The molecule has 0 aliphatic carbocycles. The summed E-state index contributed by atoms with van der Waals surface area (Å²) >= 11 is 0. The van der Waals surface area contributed by atoms with Crippen LogP contribution < -0.4 is 10.1 Å². The molecule has 0 radical (unpaired) electrons. The van der Waals surface area contributed by atoms with Crippen molar-refractivity contribution in [3.8, 4) is 5.75 Å². The van der Waals surface area contributed by atoms with Gasteiger partial charge in [0.1, 0.15) is 5.75 Å². The topological polar surface area (TPSA) is 38.3 Å². The molecule has 3 nitrogen and oxygen atoms in total. The van der Waals surface area contributed by atoms with Crippen molar-refractivity contribution in [2.24, 2.45) is 0 Å². The molecule has 1 aromatic carbocycles. The van der Waals surface area contributed by atoms with Crippen LogP contribution in [0, 0.1) is 0 Å². The Balaban J connectivity index is 2.75. The fourth-order valence-corrected chi connectivity index (χ4v) is 1.26. The number of likely N-dealkylation sites (N-methyl/N-ethyl adjacent to an activating group) is 1. The van der Waals surface area contributed by atoms with Crippen LogP contribution in [0.5, 0.6) is 5.75 Å². The van der Waals surface area contributed by atoms with E-state index in [1.165, 1.54) is 0 Å². The standard InChI is InChI=1S/C12H17NO2/c1-4-15-11-7-5-10(6-8-11)12(14)9(2)13-3/h5-9,13H,4H2,1-3H3. The molecular formula is C12H17NO2. The van der Waals surface area contributed by atoms with Crippen LogP contribution in [0.2, 0.25) is 0 Å². The van der Waals surface area contributed by atoms with Gasteiger partial charge in [0.05, 0.1) is 12.6 Å². The van der Waals surface area contributed by atoms with Gasteiger partial charge in [0, 0.05) is 5.56 Å². The van der Waals surface area contributed by atoms with Gasteiger partial charge in [0.15, 0.2) is 5.78 Å². The number of carbonyl (C=O) groups excluding carboxylic acids is 1. The second-order valence-corrected chi connectivity index (χ2v) is 3.33. The number of benzene rings is 1. The molecule has 0 aliphatic rings. The predicted molar refractivity (Wildman–Crippen MR) is 60.5 cm³/mol. The lowest BCUT2D eigenvalue weighted by atomic mass is 10.1. The molecule has 0 heterocycles. The number of ether oxygens (including phenoxy) is 1. The van der Waals surface area contributed by atoms with E-state index in [-0.39, 0.29) is 11.8 Å². The lowest BCUT2D eigenvalue weighted by molar-refractivity contribution is 0.0955. The van der Waals surface area contributed by atoms with Gasteiger partial charge in [-0.3, -0.25) is 4.79 Å². The maximum Gasteiger partial charge on any atom is 0.179 e. The van der Waals surface area contributed by atoms with Crippen molar-refractivity contribution in [1.82, 2.24) is 5.32 Å². The molecule has 0 saturated carbocycles. The number of hydrogen-bond acceptors (Lipinski definition) is 3. The summed E-state index contributed by atoms with van der Waals surface area (Å²) in [6.45, 7) is 4.42. The van der Waals surface area contributed by atoms with Gasteiger partial charge in [-0.1, -0.05) is 0 Å². The van der Waals surface area contributed by atoms with Crippen molar-refractivity contribution in [3.05, 3.63) is 29.8 Å². The lowest BCUT2D eigenvalue weighted by Gasteiger charge is -2.09. The largest absolute Gasteiger partial charge is 0.494 e. The highest BCUT2D eigenvalue weighted by molar-refractivity contribution is 5.99. The van der Waals surface area contributed by atoms with E-state index in [4.69, 9.17) is 4.74 Å². The Morgan fingerprint density at radius 2 is 2.00 bits per heavy atom. The number of nitrogens with one attached hydrogen (secondary N) is 1. The minimum absolute atomic E-state index is 0.0977. The van der Waals surface area contributed by atoms with Gasteiger partial charge in [-0.05, 0) is 45.2 Å². The Bertz CT molecular complexity index is 319. The smallest absolute Gasteiger partial charge is 0.179 e. The summed E-state index contributed by atoms with van der Waals surface area (Å²) < 4.78 is 5.30. The fourth-order valence-electron chi connectivity index (χ4n) is 1.26. The number of hydrogen-bond donors (Lipinski definition) is 1. The van der Waals surface area contributed by atoms with Gasteiger partial charge in [0.2, 0.25) is 0 Å². The van der Waals surface area contributed by atoms with Crippen LogP contribution in [-0.2, 0) is 0 Å². The maximum atomic E-state index is 11.7. The molecule has 82 valence electrons. The van der Waals surface area contributed by atoms with Gasteiger partial charge in [0.25, 0.3) is 0 Å². The summed E-state index contributed by atoms with van der Waals surface area (Å²) in [7, 11) is 1.77. The molecule has 0 saturated heterocycles. The minimum atomic E-state index is -0.150. The molecule has 3 heteroatoms. The first-order chi connectivity index (χ1) is 7.19. The van der Waals surface area contributed by atoms with E-state index >= 15 is 0 Å². The zero-order valence-electron chi connectivity index (χ0n) is 9.41. The minimum Gasteiger partial charge on any atom is -0.494 e. The summed E-state index contributed by atoms with van der Waals surface area (Å²) in [5.74, 6) is 0.895. The molecule has 1 N–H and O–H groups in total. The van der Waals surface area contributed by atoms with Crippen LogP contribution in [0.4, 0.5) is 0 Å². The Labute approximate surface area is 90.4 Å². The second kappa shape index (κ2) is 5.51. The normalized spacial score (nSPS) is 12.2. The molecular weight excluding hydrogens is 190 g/mol. The molecule has 0 fully saturated rings. The lowest BCUT2D eigenvalue weighted by Crippen LogP contribution is -2.30. The predicted octanol–water partition coefficient (Wildman–Crippen LogP) is 1.88. The highest BCUT2D eigenvalue weighted by Crippen LogP contribution is 2.13. The molecule has 0 bridgehead atoms. The SMILES string of the molecule is CCOc1ccc(C(=O)C(C)NC)cc1. The Hall–Kier alpha value is -1.35. The van der Waals surface area contributed by atoms with Crippen molar-refractivity contribution in [2.75, 3.05) is 13.7 Å². The van der Waals surface area contributed by atoms with Crippen LogP contribution in [-0.4, -0.2) is 25.5 Å². The van der Waals surface area contributed by atoms with Crippen LogP contribution in [0.3, 0.4) is 0 Å². The van der Waals surface area contributed by atoms with Gasteiger partial charge in [-0.15, -0.1) is 0 Å². The van der Waals surface area contributed by atoms with Crippen LogP contribution in [0.1, 0.15) is 24.2 Å². The zero-order chi connectivity index (χ0) is 11.3. The highest BCUT2D eigenvalue weighted by Gasteiger charge is 2.12. The number of rotatable bonds is 5. The summed E-state index contributed by atoms with van der Waals surface area (Å²) in [4.78, 5) is 11.7. The molecule has 0 aliphatic heterocycles. The van der Waals surface area contributed by atoms with Gasteiger partial charge in [-0.2, -0.15) is 0 Å². The summed E-state index contributed by atoms with van der Waals surface area (Å²) in [5, 5.41) is 2.92. The summed E-state index contributed by atoms with van der Waals surface area (Å²) in [6.07, 6.45) is 0. The maximum absolute atomic E-state index is 11.7. The van der Waals surface area contributed by atoms with Crippen molar-refractivity contribution in [3.63, 3.8) is 0 Å². The van der Waals surface area contributed by atoms with Crippen LogP contribution >= 0.6 is 0 Å². The Morgan fingerprint density at radius 1 is 1.40 bits per heavy atom. The third-order valence-corrected chi connectivity index (χ3v) is 2.28. The Morgan fingerprint density at radius 3 is 2.47 bits per heavy atom. The first kappa shape index (κ1) is 11.7. The van der Waals surface area contributed by atoms with E-state index in [1.54, 1.807) is 19.2 Å². The third-order valence-electron chi connectivity index (χ3n) is 2.28. The number of carbonyl (C=O) groups is 1. The van der Waals surface area contributed by atoms with E-state index in [0.29, 0.717) is 12.2 Å². The molecule has 1 rings (SSSR count). The average molecular weight is 207 g/mol. The van der Waals surface area contributed by atoms with Crippen molar-refractivity contribution in [2.45, 2.75) is 19.9 Å². The van der Waals surface area contributed by atoms with Gasteiger partial charge in [-0.25, -0.2) is 0 Å². The molecule has 15 heavy (non-hydrogen) atoms. The third kappa shape index (κ3) is 3.06. The molecule has 0 aromatic heterocycles. The van der Waals surface area contributed by atoms with Crippen LogP contribution in [0.25, 0.3) is 0 Å². The van der Waals surface area contributed by atoms with E-state index in [2.05, 4.69) is 5.32 Å². The quantitative estimate of drug-likeness (QED) is 0.749. The molecule has 1 unspecified atom stereocenters. The summed E-state index contributed by atoms with van der Waals surface area (Å²) in [6, 6.07) is 7.07. The van der Waals surface area contributed by atoms with E-state index in [9.17, 15) is 4.79 Å². The average Bonchev–Trinajstić information content (AvgIpc) is 2.28. The van der Waals surface area contributed by atoms with Crippen molar-refractivity contribution >= 4 is 5.78 Å². The highest BCUT2D eigenvalue weighted by atomic mass is 16.5. The fraction of sp³-hybridized carbons (Fsp3) is 0.417. The Kier molecular flexibility index (Phi) is 4.31. The molecule has 0 amide bonds. The van der Waals surface area contributed by atoms with E-state index in [0.717, 1.165) is 5.75 Å². The molecule has 1 atom stereocenters. The summed E-state index contributed by atoms with van der Waals surface area (Å²) in [5.41, 5.74) is 0.709. The van der Waals surface area contributed by atoms with E-state index in [1.807, 2.05) is 26.0 Å². The van der Waals surface area contributed by atoms with E-state index < -0.39 is 0 Å². The monoisotopic (exact) mass is 207 g/mol. The molecule has 0 spiro atoms. The number of Topliss-reactive ketones (excluding diaryl/α,β-unsaturated/α-hetero) is 1. The first-order valence-electron chi connectivity index (χ1n) is 5.13. The molecule has 1 aromatic rings. The van der Waals surface area contributed by atoms with Crippen molar-refractivity contribution < 1.29 is 9.53 Å².